The highest BCUT2D eigenvalue weighted by atomic mass is 35.5. The second-order valence-corrected chi connectivity index (χ2v) is 4.96. The average molecular weight is 286 g/mol. The highest BCUT2D eigenvalue weighted by molar-refractivity contribution is 6.30. The van der Waals surface area contributed by atoms with Gasteiger partial charge in [0.1, 0.15) is 0 Å². The molecule has 3 aromatic rings. The van der Waals surface area contributed by atoms with Gasteiger partial charge in [-0.05, 0) is 35.9 Å². The zero-order chi connectivity index (χ0) is 14.1. The van der Waals surface area contributed by atoms with E-state index in [-0.39, 0.29) is 5.43 Å². The van der Waals surface area contributed by atoms with E-state index in [4.69, 9.17) is 17.3 Å². The quantitative estimate of drug-likeness (QED) is 0.737. The molecule has 0 atom stereocenters. The Morgan fingerprint density at radius 1 is 1.20 bits per heavy atom. The molecule has 0 unspecified atom stereocenters. The number of nitrogens with zero attached hydrogens (tertiary/aromatic N) is 2. The number of fused-ring (bicyclic) bond motifs is 1. The van der Waals surface area contributed by atoms with Crippen LogP contribution in [0.5, 0.6) is 0 Å². The molecule has 2 N–H and O–H groups in total. The Balaban J connectivity index is 2.14. The normalized spacial score (nSPS) is 10.8. The Hall–Kier alpha value is -2.33. The molecule has 1 heterocycles. The summed E-state index contributed by atoms with van der Waals surface area (Å²) in [5.74, 6) is 0. The molecule has 0 aliphatic heterocycles. The molecule has 0 bridgehead atoms. The van der Waals surface area contributed by atoms with E-state index < -0.39 is 0 Å². The summed E-state index contributed by atoms with van der Waals surface area (Å²) in [6.07, 6.45) is 1.32. The molecule has 0 radical (unpaired) electrons. The lowest BCUT2D eigenvalue weighted by Crippen LogP contribution is -2.13. The van der Waals surface area contributed by atoms with Gasteiger partial charge < -0.3 is 5.73 Å². The Kier molecular flexibility index (Phi) is 3.16. The molecule has 100 valence electrons. The Morgan fingerprint density at radius 3 is 2.85 bits per heavy atom. The van der Waals surface area contributed by atoms with Gasteiger partial charge in [0, 0.05) is 16.1 Å². The lowest BCUT2D eigenvalue weighted by molar-refractivity contribution is 0.696. The van der Waals surface area contributed by atoms with Crippen LogP contribution in [-0.4, -0.2) is 9.78 Å². The third-order valence-electron chi connectivity index (χ3n) is 3.19. The molecule has 4 nitrogen and oxygen atoms in total. The lowest BCUT2D eigenvalue weighted by atomic mass is 10.1. The summed E-state index contributed by atoms with van der Waals surface area (Å²) in [5, 5.41) is 5.44. The number of halogens is 1. The van der Waals surface area contributed by atoms with Crippen molar-refractivity contribution in [2.24, 2.45) is 0 Å². The molecule has 0 aliphatic rings. The van der Waals surface area contributed by atoms with Crippen LogP contribution < -0.4 is 11.2 Å². The molecular formula is C15H12ClN3O. The van der Waals surface area contributed by atoms with Crippen molar-refractivity contribution in [1.82, 2.24) is 9.78 Å². The van der Waals surface area contributed by atoms with E-state index in [0.29, 0.717) is 22.6 Å². The van der Waals surface area contributed by atoms with E-state index in [1.165, 1.54) is 6.20 Å². The standard InChI is InChI=1S/C15H12ClN3O/c16-11-5-6-13(17)10(7-11)9-19-14-4-2-1-3-12(14)15(20)8-18-19/h1-8H,9,17H2. The topological polar surface area (TPSA) is 60.9 Å². The number of rotatable bonds is 2. The zero-order valence-corrected chi connectivity index (χ0v) is 11.3. The number of aromatic nitrogens is 2. The van der Waals surface area contributed by atoms with Gasteiger partial charge in [0.15, 0.2) is 0 Å². The van der Waals surface area contributed by atoms with Crippen molar-refractivity contribution in [3.8, 4) is 0 Å². The van der Waals surface area contributed by atoms with Crippen molar-refractivity contribution >= 4 is 28.2 Å². The van der Waals surface area contributed by atoms with E-state index in [9.17, 15) is 4.79 Å². The highest BCUT2D eigenvalue weighted by Gasteiger charge is 2.06. The number of hydrogen-bond acceptors (Lipinski definition) is 3. The van der Waals surface area contributed by atoms with Gasteiger partial charge in [0.2, 0.25) is 5.43 Å². The molecule has 0 amide bonds. The molecule has 1 aromatic heterocycles. The van der Waals surface area contributed by atoms with E-state index in [2.05, 4.69) is 5.10 Å². The first-order valence-electron chi connectivity index (χ1n) is 6.14. The van der Waals surface area contributed by atoms with E-state index in [1.807, 2.05) is 24.3 Å². The molecule has 0 spiro atoms. The van der Waals surface area contributed by atoms with Gasteiger partial charge in [-0.15, -0.1) is 0 Å². The minimum atomic E-state index is -0.0871. The van der Waals surface area contributed by atoms with Crippen LogP contribution in [0, 0.1) is 0 Å². The Labute approximate surface area is 120 Å². The van der Waals surface area contributed by atoms with Gasteiger partial charge >= 0.3 is 0 Å². The minimum Gasteiger partial charge on any atom is -0.398 e. The predicted molar refractivity (Wildman–Crippen MR) is 81.0 cm³/mol. The van der Waals surface area contributed by atoms with Crippen LogP contribution >= 0.6 is 11.6 Å². The van der Waals surface area contributed by atoms with Gasteiger partial charge in [0.25, 0.3) is 0 Å². The van der Waals surface area contributed by atoms with Gasteiger partial charge in [-0.25, -0.2) is 0 Å². The first-order chi connectivity index (χ1) is 9.65. The van der Waals surface area contributed by atoms with Crippen LogP contribution in [0.25, 0.3) is 10.9 Å². The van der Waals surface area contributed by atoms with Crippen LogP contribution in [0.1, 0.15) is 5.56 Å². The molecular weight excluding hydrogens is 274 g/mol. The molecule has 0 fully saturated rings. The summed E-state index contributed by atoms with van der Waals surface area (Å²) in [6, 6.07) is 12.7. The highest BCUT2D eigenvalue weighted by Crippen LogP contribution is 2.20. The third-order valence-corrected chi connectivity index (χ3v) is 3.42. The number of benzene rings is 2. The molecule has 0 saturated heterocycles. The maximum atomic E-state index is 11.8. The predicted octanol–water partition coefficient (Wildman–Crippen LogP) is 2.68. The fourth-order valence-electron chi connectivity index (χ4n) is 2.16. The van der Waals surface area contributed by atoms with Crippen molar-refractivity contribution in [3.05, 3.63) is 69.5 Å². The zero-order valence-electron chi connectivity index (χ0n) is 10.6. The molecule has 2 aromatic carbocycles. The Morgan fingerprint density at radius 2 is 2.00 bits per heavy atom. The van der Waals surface area contributed by atoms with E-state index >= 15 is 0 Å². The summed E-state index contributed by atoms with van der Waals surface area (Å²) in [6.45, 7) is 0.465. The van der Waals surface area contributed by atoms with Crippen molar-refractivity contribution < 1.29 is 0 Å². The summed E-state index contributed by atoms with van der Waals surface area (Å²) in [4.78, 5) is 11.8. The second-order valence-electron chi connectivity index (χ2n) is 4.53. The summed E-state index contributed by atoms with van der Waals surface area (Å²) < 4.78 is 1.75. The number of nitrogens with two attached hydrogens (primary N) is 1. The summed E-state index contributed by atoms with van der Waals surface area (Å²) in [5.41, 5.74) is 8.17. The van der Waals surface area contributed by atoms with Crippen molar-refractivity contribution in [2.75, 3.05) is 5.73 Å². The molecule has 20 heavy (non-hydrogen) atoms. The smallest absolute Gasteiger partial charge is 0.207 e. The van der Waals surface area contributed by atoms with Crippen LogP contribution in [0.3, 0.4) is 0 Å². The first-order valence-corrected chi connectivity index (χ1v) is 6.52. The molecule has 0 aliphatic carbocycles. The van der Waals surface area contributed by atoms with Crippen molar-refractivity contribution in [2.45, 2.75) is 6.54 Å². The van der Waals surface area contributed by atoms with Gasteiger partial charge in [-0.1, -0.05) is 23.7 Å². The van der Waals surface area contributed by atoms with Gasteiger partial charge in [0.05, 0.1) is 18.3 Å². The van der Waals surface area contributed by atoms with Crippen LogP contribution in [0.2, 0.25) is 5.02 Å². The number of anilines is 1. The first kappa shape index (κ1) is 12.7. The number of para-hydroxylation sites is 1. The van der Waals surface area contributed by atoms with Crippen LogP contribution in [0.4, 0.5) is 5.69 Å². The second kappa shape index (κ2) is 4.98. The average Bonchev–Trinajstić information content (AvgIpc) is 2.46. The van der Waals surface area contributed by atoms with Gasteiger partial charge in [-0.3, -0.25) is 9.48 Å². The number of hydrogen-bond donors (Lipinski definition) is 1. The van der Waals surface area contributed by atoms with Crippen LogP contribution in [-0.2, 0) is 6.54 Å². The Bertz CT molecular complexity index is 842. The SMILES string of the molecule is Nc1ccc(Cl)cc1Cn1ncc(=O)c2ccccc21. The maximum absolute atomic E-state index is 11.8. The van der Waals surface area contributed by atoms with E-state index in [0.717, 1.165) is 11.1 Å². The fourth-order valence-corrected chi connectivity index (χ4v) is 2.35. The summed E-state index contributed by atoms with van der Waals surface area (Å²) in [7, 11) is 0. The van der Waals surface area contributed by atoms with Crippen molar-refractivity contribution in [3.63, 3.8) is 0 Å². The maximum Gasteiger partial charge on any atom is 0.207 e. The van der Waals surface area contributed by atoms with E-state index in [1.54, 1.807) is 22.9 Å². The fraction of sp³-hybridized carbons (Fsp3) is 0.0667. The summed E-state index contributed by atoms with van der Waals surface area (Å²) >= 11 is 5.99. The monoisotopic (exact) mass is 285 g/mol. The largest absolute Gasteiger partial charge is 0.398 e. The molecule has 0 saturated carbocycles. The third kappa shape index (κ3) is 2.26. The van der Waals surface area contributed by atoms with Gasteiger partial charge in [-0.2, -0.15) is 5.10 Å². The molecule has 5 heteroatoms. The molecule has 3 rings (SSSR count). The lowest BCUT2D eigenvalue weighted by Gasteiger charge is -2.11. The number of nitrogen functional groups attached to an aromatic ring is 1. The van der Waals surface area contributed by atoms with Crippen LogP contribution in [0.15, 0.2) is 53.5 Å². The van der Waals surface area contributed by atoms with Crippen molar-refractivity contribution in [1.29, 1.82) is 0 Å². The minimum absolute atomic E-state index is 0.0871.